The molecule has 0 bridgehead atoms. The second-order valence-electron chi connectivity index (χ2n) is 7.28. The third-order valence-electron chi connectivity index (χ3n) is 4.71. The Hall–Kier alpha value is -4.29. The average Bonchev–Trinajstić information content (AvgIpc) is 2.83. The van der Waals surface area contributed by atoms with Gasteiger partial charge in [0.1, 0.15) is 17.4 Å². The van der Waals surface area contributed by atoms with Gasteiger partial charge in [-0.2, -0.15) is 18.4 Å². The molecule has 3 aromatic carbocycles. The number of nitro groups is 2. The lowest BCUT2D eigenvalue weighted by Gasteiger charge is -2.13. The molecule has 0 radical (unpaired) electrons. The molecule has 0 aliphatic rings. The number of carbonyl (C=O) groups excluding carboxylic acids is 1. The minimum atomic E-state index is -4.65. The molecule has 0 fully saturated rings. The van der Waals surface area contributed by atoms with Gasteiger partial charge in [-0.3, -0.25) is 25.0 Å². The van der Waals surface area contributed by atoms with Crippen LogP contribution in [-0.4, -0.2) is 15.8 Å². The number of amides is 1. The van der Waals surface area contributed by atoms with Crippen LogP contribution in [-0.2, 0) is 11.0 Å². The zero-order valence-corrected chi connectivity index (χ0v) is 21.6. The predicted octanol–water partition coefficient (Wildman–Crippen LogP) is 7.38. The molecule has 15 heteroatoms. The maximum absolute atomic E-state index is 13.0. The molecular formula is C23H11Br2F3N4O6. The van der Waals surface area contributed by atoms with E-state index in [1.807, 2.05) is 0 Å². The maximum Gasteiger partial charge on any atom is 0.416 e. The Balaban J connectivity index is 2.02. The molecule has 0 heterocycles. The number of nitrogens with zero attached hydrogens (tertiary/aromatic N) is 3. The van der Waals surface area contributed by atoms with Gasteiger partial charge < -0.3 is 10.1 Å². The van der Waals surface area contributed by atoms with E-state index in [1.54, 1.807) is 6.07 Å². The number of non-ortho nitro benzene ring substituents is 1. The number of nitrogens with one attached hydrogen (secondary N) is 1. The minimum absolute atomic E-state index is 0.0645. The van der Waals surface area contributed by atoms with Crippen LogP contribution in [0.25, 0.3) is 6.08 Å². The van der Waals surface area contributed by atoms with Crippen LogP contribution in [0.2, 0.25) is 0 Å². The Morgan fingerprint density at radius 3 is 2.37 bits per heavy atom. The summed E-state index contributed by atoms with van der Waals surface area (Å²) in [6.07, 6.45) is -3.59. The van der Waals surface area contributed by atoms with Crippen LogP contribution in [0.5, 0.6) is 11.5 Å². The van der Waals surface area contributed by atoms with Gasteiger partial charge in [-0.1, -0.05) is 22.0 Å². The number of hydrogen-bond donors (Lipinski definition) is 1. The third-order valence-corrected chi connectivity index (χ3v) is 5.76. The molecule has 0 saturated carbocycles. The molecule has 1 amide bonds. The van der Waals surface area contributed by atoms with Crippen molar-refractivity contribution >= 4 is 60.9 Å². The van der Waals surface area contributed by atoms with Crippen LogP contribution >= 0.6 is 31.9 Å². The third kappa shape index (κ3) is 6.72. The fourth-order valence-corrected chi connectivity index (χ4v) is 4.37. The van der Waals surface area contributed by atoms with E-state index in [-0.39, 0.29) is 27.2 Å². The van der Waals surface area contributed by atoms with Crippen LogP contribution in [0.3, 0.4) is 0 Å². The summed E-state index contributed by atoms with van der Waals surface area (Å²) in [6, 6.07) is 11.1. The number of benzene rings is 3. The Bertz CT molecular complexity index is 1540. The highest BCUT2D eigenvalue weighted by atomic mass is 79.9. The first-order valence-corrected chi connectivity index (χ1v) is 11.6. The highest BCUT2D eigenvalue weighted by molar-refractivity contribution is 9.11. The van der Waals surface area contributed by atoms with Gasteiger partial charge >= 0.3 is 11.9 Å². The summed E-state index contributed by atoms with van der Waals surface area (Å²) in [5.41, 5.74) is -2.94. The molecule has 0 spiro atoms. The van der Waals surface area contributed by atoms with Gasteiger partial charge in [0.25, 0.3) is 11.6 Å². The molecule has 0 aliphatic carbocycles. The van der Waals surface area contributed by atoms with Crippen LogP contribution in [0.1, 0.15) is 11.1 Å². The number of nitriles is 1. The van der Waals surface area contributed by atoms with Crippen molar-refractivity contribution in [2.24, 2.45) is 0 Å². The van der Waals surface area contributed by atoms with E-state index in [2.05, 4.69) is 37.2 Å². The summed E-state index contributed by atoms with van der Waals surface area (Å²) >= 11 is 6.47. The van der Waals surface area contributed by atoms with E-state index >= 15 is 0 Å². The molecule has 1 N–H and O–H groups in total. The molecule has 0 unspecified atom stereocenters. The summed E-state index contributed by atoms with van der Waals surface area (Å²) in [5.74, 6) is -1.50. The first-order chi connectivity index (χ1) is 17.8. The monoisotopic (exact) mass is 654 g/mol. The van der Waals surface area contributed by atoms with E-state index in [0.717, 1.165) is 30.3 Å². The molecule has 10 nitrogen and oxygen atoms in total. The first-order valence-electron chi connectivity index (χ1n) is 10.00. The quantitative estimate of drug-likeness (QED) is 0.121. The number of anilines is 1. The molecule has 0 aliphatic heterocycles. The number of hydrogen-bond acceptors (Lipinski definition) is 7. The Morgan fingerprint density at radius 2 is 1.76 bits per heavy atom. The number of nitro benzene ring substituents is 2. The van der Waals surface area contributed by atoms with Crippen LogP contribution in [0.4, 0.5) is 30.2 Å². The molecule has 3 aromatic rings. The minimum Gasteiger partial charge on any atom is -0.448 e. The van der Waals surface area contributed by atoms with E-state index in [9.17, 15) is 43.5 Å². The first kappa shape index (κ1) is 28.3. The lowest BCUT2D eigenvalue weighted by atomic mass is 10.1. The van der Waals surface area contributed by atoms with Gasteiger partial charge in [0, 0.05) is 21.8 Å². The van der Waals surface area contributed by atoms with E-state index in [4.69, 9.17) is 4.74 Å². The second kappa shape index (κ2) is 11.4. The summed E-state index contributed by atoms with van der Waals surface area (Å²) in [5, 5.41) is 34.3. The summed E-state index contributed by atoms with van der Waals surface area (Å²) in [4.78, 5) is 33.5. The van der Waals surface area contributed by atoms with Gasteiger partial charge in [0.15, 0.2) is 0 Å². The number of halogens is 5. The van der Waals surface area contributed by atoms with Crippen molar-refractivity contribution in [3.8, 4) is 17.6 Å². The Labute approximate surface area is 227 Å². The van der Waals surface area contributed by atoms with Crippen molar-refractivity contribution in [2.45, 2.75) is 6.18 Å². The van der Waals surface area contributed by atoms with Crippen molar-refractivity contribution in [3.05, 3.63) is 100 Å². The SMILES string of the molecule is N#C/C(=C\c1cc(Br)cc(Br)c1Oc1ccc([N+](=O)[O-])cc1[N+](=O)[O-])C(=O)Nc1cccc(C(F)(F)F)c1. The summed E-state index contributed by atoms with van der Waals surface area (Å²) < 4.78 is 45.3. The van der Waals surface area contributed by atoms with Crippen LogP contribution in [0.15, 0.2) is 69.1 Å². The summed E-state index contributed by atoms with van der Waals surface area (Å²) in [7, 11) is 0. The Morgan fingerprint density at radius 1 is 1.05 bits per heavy atom. The molecule has 0 saturated heterocycles. The van der Waals surface area contributed by atoms with Gasteiger partial charge in [-0.05, 0) is 58.4 Å². The second-order valence-corrected chi connectivity index (χ2v) is 9.05. The maximum atomic E-state index is 13.0. The predicted molar refractivity (Wildman–Crippen MR) is 135 cm³/mol. The average molecular weight is 656 g/mol. The van der Waals surface area contributed by atoms with Crippen molar-refractivity contribution in [3.63, 3.8) is 0 Å². The van der Waals surface area contributed by atoms with Gasteiger partial charge in [0.05, 0.1) is 25.9 Å². The van der Waals surface area contributed by atoms with Crippen LogP contribution in [0, 0.1) is 31.6 Å². The molecule has 38 heavy (non-hydrogen) atoms. The number of rotatable bonds is 7. The van der Waals surface area contributed by atoms with Crippen molar-refractivity contribution in [2.75, 3.05) is 5.32 Å². The van der Waals surface area contributed by atoms with Gasteiger partial charge in [0.2, 0.25) is 5.75 Å². The molecular weight excluding hydrogens is 645 g/mol. The highest BCUT2D eigenvalue weighted by Crippen LogP contribution is 2.41. The fourth-order valence-electron chi connectivity index (χ4n) is 3.03. The highest BCUT2D eigenvalue weighted by Gasteiger charge is 2.30. The number of carbonyl (C=O) groups is 1. The standard InChI is InChI=1S/C23H11Br2F3N4O6/c24-15-7-12(6-13(11-29)22(33)30-16-3-1-2-14(8-16)23(26,27)28)21(18(25)9-15)38-20-5-4-17(31(34)35)10-19(20)32(36)37/h1-10H,(H,30,33)/b13-6+. The van der Waals surface area contributed by atoms with E-state index in [1.165, 1.54) is 18.2 Å². The van der Waals surface area contributed by atoms with Crippen molar-refractivity contribution in [1.29, 1.82) is 5.26 Å². The largest absolute Gasteiger partial charge is 0.448 e. The Kier molecular flexibility index (Phi) is 8.49. The topological polar surface area (TPSA) is 148 Å². The van der Waals surface area contributed by atoms with Gasteiger partial charge in [-0.15, -0.1) is 0 Å². The fraction of sp³-hybridized carbons (Fsp3) is 0.0435. The normalized spacial score (nSPS) is 11.4. The lowest BCUT2D eigenvalue weighted by molar-refractivity contribution is -0.394. The van der Waals surface area contributed by atoms with E-state index < -0.39 is 44.4 Å². The van der Waals surface area contributed by atoms with Gasteiger partial charge in [-0.25, -0.2) is 0 Å². The molecule has 0 atom stereocenters. The molecule has 3 rings (SSSR count). The smallest absolute Gasteiger partial charge is 0.416 e. The van der Waals surface area contributed by atoms with Crippen molar-refractivity contribution < 1.29 is 32.5 Å². The summed E-state index contributed by atoms with van der Waals surface area (Å²) in [6.45, 7) is 0. The zero-order valence-electron chi connectivity index (χ0n) is 18.5. The van der Waals surface area contributed by atoms with Crippen LogP contribution < -0.4 is 10.1 Å². The lowest BCUT2D eigenvalue weighted by Crippen LogP contribution is -2.14. The number of alkyl halides is 3. The molecule has 194 valence electrons. The zero-order chi connectivity index (χ0) is 28.2. The van der Waals surface area contributed by atoms with E-state index in [0.29, 0.717) is 16.6 Å². The number of ether oxygens (including phenoxy) is 1. The molecule has 0 aromatic heterocycles. The van der Waals surface area contributed by atoms with Crippen molar-refractivity contribution in [1.82, 2.24) is 0 Å².